The van der Waals surface area contributed by atoms with Crippen molar-refractivity contribution in [3.05, 3.63) is 35.1 Å². The van der Waals surface area contributed by atoms with Gasteiger partial charge in [-0.15, -0.1) is 12.4 Å². The van der Waals surface area contributed by atoms with Gasteiger partial charge in [-0.25, -0.2) is 4.98 Å². The minimum absolute atomic E-state index is 0. The van der Waals surface area contributed by atoms with Gasteiger partial charge in [0.15, 0.2) is 10.8 Å². The number of thiazole rings is 1. The van der Waals surface area contributed by atoms with Crippen molar-refractivity contribution in [2.24, 2.45) is 7.05 Å². The van der Waals surface area contributed by atoms with Gasteiger partial charge in [0.2, 0.25) is 0 Å². The third-order valence-electron chi connectivity index (χ3n) is 4.61. The average Bonchev–Trinajstić information content (AvgIpc) is 3.32. The molecule has 1 aromatic carbocycles. The Hall–Kier alpha value is -1.87. The van der Waals surface area contributed by atoms with Crippen molar-refractivity contribution >= 4 is 56.6 Å². The number of methoxy groups -OCH3 is 1. The van der Waals surface area contributed by atoms with Crippen LogP contribution in [0.5, 0.6) is 5.75 Å². The van der Waals surface area contributed by atoms with E-state index in [9.17, 15) is 4.79 Å². The van der Waals surface area contributed by atoms with Gasteiger partial charge in [-0.1, -0.05) is 36.8 Å². The summed E-state index contributed by atoms with van der Waals surface area (Å²) in [5.74, 6) is 0.456. The highest BCUT2D eigenvalue weighted by atomic mass is 35.5. The maximum absolute atomic E-state index is 13.2. The van der Waals surface area contributed by atoms with Crippen molar-refractivity contribution in [1.82, 2.24) is 19.7 Å². The number of aromatic nitrogens is 3. The lowest BCUT2D eigenvalue weighted by Crippen LogP contribution is -2.39. The van der Waals surface area contributed by atoms with Crippen molar-refractivity contribution in [2.45, 2.75) is 13.8 Å². The van der Waals surface area contributed by atoms with E-state index in [1.165, 1.54) is 11.3 Å². The summed E-state index contributed by atoms with van der Waals surface area (Å²) in [5.41, 5.74) is 1.05. The van der Waals surface area contributed by atoms with E-state index >= 15 is 0 Å². The number of rotatable bonds is 8. The molecule has 10 heteroatoms. The van der Waals surface area contributed by atoms with Gasteiger partial charge in [-0.2, -0.15) is 5.10 Å². The molecular weight excluding hydrogens is 433 g/mol. The number of nitrogens with zero attached hydrogens (tertiary/aromatic N) is 5. The fourth-order valence-corrected chi connectivity index (χ4v) is 4.23. The average molecular weight is 458 g/mol. The van der Waals surface area contributed by atoms with E-state index < -0.39 is 0 Å². The summed E-state index contributed by atoms with van der Waals surface area (Å²) in [7, 11) is 3.39. The molecule has 0 saturated carbocycles. The Morgan fingerprint density at radius 1 is 1.24 bits per heavy atom. The molecule has 0 spiro atoms. The van der Waals surface area contributed by atoms with Crippen LogP contribution < -0.4 is 9.64 Å². The second-order valence-electron chi connectivity index (χ2n) is 6.28. The van der Waals surface area contributed by atoms with E-state index in [2.05, 4.69) is 28.8 Å². The van der Waals surface area contributed by atoms with Crippen LogP contribution in [0, 0.1) is 0 Å². The van der Waals surface area contributed by atoms with Crippen LogP contribution in [-0.4, -0.2) is 58.9 Å². The zero-order valence-electron chi connectivity index (χ0n) is 16.9. The summed E-state index contributed by atoms with van der Waals surface area (Å²) < 4.78 is 7.84. The van der Waals surface area contributed by atoms with Gasteiger partial charge in [0.1, 0.15) is 11.3 Å². The second-order valence-corrected chi connectivity index (χ2v) is 7.67. The van der Waals surface area contributed by atoms with Gasteiger partial charge in [-0.3, -0.25) is 14.4 Å². The molecule has 0 aliphatic rings. The van der Waals surface area contributed by atoms with Crippen molar-refractivity contribution in [1.29, 1.82) is 0 Å². The molecule has 0 bridgehead atoms. The number of carbonyl (C=O) groups is 1. The summed E-state index contributed by atoms with van der Waals surface area (Å²) >= 11 is 7.75. The number of benzene rings is 1. The minimum Gasteiger partial charge on any atom is -0.494 e. The zero-order chi connectivity index (χ0) is 20.3. The lowest BCUT2D eigenvalue weighted by atomic mass is 10.3. The molecule has 0 radical (unpaired) electrons. The number of hydrogen-bond acceptors (Lipinski definition) is 6. The Labute approximate surface area is 185 Å². The maximum Gasteiger partial charge on any atom is 0.280 e. The summed E-state index contributed by atoms with van der Waals surface area (Å²) in [6, 6.07) is 5.29. The van der Waals surface area contributed by atoms with Crippen LogP contribution in [0.1, 0.15) is 24.3 Å². The number of amides is 1. The van der Waals surface area contributed by atoms with Gasteiger partial charge in [-0.05, 0) is 31.3 Å². The molecule has 3 aromatic rings. The highest BCUT2D eigenvalue weighted by Gasteiger charge is 2.25. The Balaban J connectivity index is 0.00000300. The molecule has 3 rings (SSSR count). The van der Waals surface area contributed by atoms with E-state index in [-0.39, 0.29) is 18.3 Å². The first kappa shape index (κ1) is 23.4. The molecule has 0 aliphatic heterocycles. The van der Waals surface area contributed by atoms with Gasteiger partial charge >= 0.3 is 0 Å². The van der Waals surface area contributed by atoms with E-state index in [0.717, 1.165) is 24.3 Å². The number of hydrogen-bond donors (Lipinski definition) is 0. The van der Waals surface area contributed by atoms with Crippen LogP contribution in [0.3, 0.4) is 0 Å². The van der Waals surface area contributed by atoms with Crippen molar-refractivity contribution in [2.75, 3.05) is 38.2 Å². The van der Waals surface area contributed by atoms with Crippen molar-refractivity contribution in [3.63, 3.8) is 0 Å². The molecule has 29 heavy (non-hydrogen) atoms. The molecule has 0 aliphatic carbocycles. The molecule has 0 fully saturated rings. The van der Waals surface area contributed by atoms with Crippen LogP contribution in [0.15, 0.2) is 24.4 Å². The number of halogens is 2. The molecule has 2 heterocycles. The number of fused-ring (bicyclic) bond motifs is 1. The first-order valence-corrected chi connectivity index (χ1v) is 10.3. The van der Waals surface area contributed by atoms with Gasteiger partial charge in [0.25, 0.3) is 5.91 Å². The van der Waals surface area contributed by atoms with Gasteiger partial charge < -0.3 is 9.64 Å². The van der Waals surface area contributed by atoms with Crippen molar-refractivity contribution < 1.29 is 9.53 Å². The van der Waals surface area contributed by atoms with E-state index in [4.69, 9.17) is 16.3 Å². The monoisotopic (exact) mass is 457 g/mol. The van der Waals surface area contributed by atoms with Crippen LogP contribution in [0.2, 0.25) is 5.02 Å². The highest BCUT2D eigenvalue weighted by Crippen LogP contribution is 2.38. The molecule has 0 atom stereocenters. The third kappa shape index (κ3) is 5.01. The lowest BCUT2D eigenvalue weighted by Gasteiger charge is -2.24. The zero-order valence-corrected chi connectivity index (χ0v) is 19.3. The van der Waals surface area contributed by atoms with E-state index in [1.807, 2.05) is 0 Å². The molecule has 0 saturated heterocycles. The summed E-state index contributed by atoms with van der Waals surface area (Å²) in [5, 5.41) is 5.45. The van der Waals surface area contributed by atoms with Crippen LogP contribution in [0.4, 0.5) is 5.13 Å². The molecule has 1 amide bonds. The van der Waals surface area contributed by atoms with E-state index in [1.54, 1.807) is 48.1 Å². The predicted molar refractivity (Wildman–Crippen MR) is 121 cm³/mol. The minimum atomic E-state index is -0.179. The third-order valence-corrected chi connectivity index (χ3v) is 6.15. The molecule has 158 valence electrons. The first-order valence-electron chi connectivity index (χ1n) is 9.15. The number of carbonyl (C=O) groups excluding carboxylic acids is 1. The molecule has 0 unspecified atom stereocenters. The molecule has 7 nitrogen and oxygen atoms in total. The largest absolute Gasteiger partial charge is 0.494 e. The molecule has 0 N–H and O–H groups in total. The Bertz CT molecular complexity index is 971. The van der Waals surface area contributed by atoms with Gasteiger partial charge in [0, 0.05) is 26.3 Å². The highest BCUT2D eigenvalue weighted by molar-refractivity contribution is 7.23. The lowest BCUT2D eigenvalue weighted by molar-refractivity contribution is 0.0978. The number of likely N-dealkylation sites (N-methyl/N-ethyl adjacent to an activating group) is 1. The summed E-state index contributed by atoms with van der Waals surface area (Å²) in [6.45, 7) is 7.31. The summed E-state index contributed by atoms with van der Waals surface area (Å²) in [6.07, 6.45) is 1.76. The first-order chi connectivity index (χ1) is 13.5. The summed E-state index contributed by atoms with van der Waals surface area (Å²) in [4.78, 5) is 21.8. The predicted octanol–water partition coefficient (Wildman–Crippen LogP) is 4.10. The number of ether oxygens (including phenoxy) is 1. The number of aryl methyl sites for hydroxylation is 1. The maximum atomic E-state index is 13.2. The fraction of sp³-hybridized carbons (Fsp3) is 0.421. The fourth-order valence-electron chi connectivity index (χ4n) is 2.95. The van der Waals surface area contributed by atoms with Crippen LogP contribution in [0.25, 0.3) is 10.2 Å². The topological polar surface area (TPSA) is 63.5 Å². The quantitative estimate of drug-likeness (QED) is 0.509. The van der Waals surface area contributed by atoms with Crippen molar-refractivity contribution in [3.8, 4) is 5.75 Å². The Morgan fingerprint density at radius 2 is 1.97 bits per heavy atom. The standard InChI is InChI=1S/C19H24ClN5O2S.ClH/c1-5-24(6-2)11-12-25(18(26)14-9-10-23(3)22-14)19-21-16-15(27-4)8-7-13(20)17(16)28-19;/h7-10H,5-6,11-12H2,1-4H3;1H. The van der Waals surface area contributed by atoms with Crippen LogP contribution in [-0.2, 0) is 7.05 Å². The SMILES string of the molecule is CCN(CC)CCN(C(=O)c1ccn(C)n1)c1nc2c(OC)ccc(Cl)c2s1.Cl. The molecular formula is C19H25Cl2N5O2S. The normalized spacial score (nSPS) is 11.0. The Kier molecular flexibility index (Phi) is 8.27. The smallest absolute Gasteiger partial charge is 0.280 e. The van der Waals surface area contributed by atoms with Crippen LogP contribution >= 0.6 is 35.3 Å². The van der Waals surface area contributed by atoms with Gasteiger partial charge in [0.05, 0.1) is 16.8 Å². The number of anilines is 1. The second kappa shape index (κ2) is 10.2. The molecule has 2 aromatic heterocycles. The Morgan fingerprint density at radius 3 is 2.55 bits per heavy atom. The van der Waals surface area contributed by atoms with E-state index in [0.29, 0.717) is 33.7 Å².